The number of nitrogens with one attached hydrogen (secondary N) is 1. The Hall–Kier alpha value is -2.31. The van der Waals surface area contributed by atoms with E-state index in [1.54, 1.807) is 30.3 Å². The fourth-order valence-corrected chi connectivity index (χ4v) is 1.96. The summed E-state index contributed by atoms with van der Waals surface area (Å²) >= 11 is 6.00. The van der Waals surface area contributed by atoms with E-state index >= 15 is 0 Å². The fraction of sp³-hybridized carbons (Fsp3) is 0.125. The van der Waals surface area contributed by atoms with Crippen LogP contribution in [0.2, 0.25) is 5.02 Å². The van der Waals surface area contributed by atoms with Crippen LogP contribution in [0.5, 0.6) is 0 Å². The molecule has 0 aliphatic carbocycles. The molecule has 2 aromatic rings. The van der Waals surface area contributed by atoms with Gasteiger partial charge in [0.1, 0.15) is 6.04 Å². The number of halogens is 1. The number of nitrogens with zero attached hydrogens (tertiary/aromatic N) is 1. The molecule has 0 aromatic heterocycles. The van der Waals surface area contributed by atoms with Crippen molar-refractivity contribution in [2.24, 2.45) is 0 Å². The van der Waals surface area contributed by atoms with Crippen molar-refractivity contribution in [3.8, 4) is 6.07 Å². The van der Waals surface area contributed by atoms with Crippen LogP contribution in [0, 0.1) is 18.3 Å². The molecule has 1 atom stereocenters. The average Bonchev–Trinajstić information content (AvgIpc) is 2.48. The van der Waals surface area contributed by atoms with Crippen molar-refractivity contribution < 1.29 is 4.79 Å². The quantitative estimate of drug-likeness (QED) is 0.935. The summed E-state index contributed by atoms with van der Waals surface area (Å²) in [5.41, 5.74) is 2.10. The maximum Gasteiger partial charge on any atom is 0.252 e. The van der Waals surface area contributed by atoms with Crippen molar-refractivity contribution in [3.05, 3.63) is 70.2 Å². The van der Waals surface area contributed by atoms with Gasteiger partial charge in [-0.1, -0.05) is 48.0 Å². The summed E-state index contributed by atoms with van der Waals surface area (Å²) in [7, 11) is 0. The Bertz CT molecular complexity index is 662. The molecule has 0 aliphatic heterocycles. The van der Waals surface area contributed by atoms with E-state index in [9.17, 15) is 10.1 Å². The van der Waals surface area contributed by atoms with Crippen molar-refractivity contribution in [3.63, 3.8) is 0 Å². The van der Waals surface area contributed by atoms with Gasteiger partial charge in [-0.3, -0.25) is 4.79 Å². The normalized spacial score (nSPS) is 11.4. The van der Waals surface area contributed by atoms with Crippen LogP contribution in [0.1, 0.15) is 27.5 Å². The highest BCUT2D eigenvalue weighted by Gasteiger charge is 2.15. The van der Waals surface area contributed by atoms with E-state index in [1.807, 2.05) is 25.1 Å². The molecule has 3 nitrogen and oxygen atoms in total. The van der Waals surface area contributed by atoms with Crippen molar-refractivity contribution in [2.75, 3.05) is 0 Å². The van der Waals surface area contributed by atoms with E-state index in [2.05, 4.69) is 11.4 Å². The smallest absolute Gasteiger partial charge is 0.252 e. The number of aryl methyl sites for hydroxylation is 1. The first-order valence-electron chi connectivity index (χ1n) is 6.13. The first kappa shape index (κ1) is 14.1. The molecule has 2 rings (SSSR count). The summed E-state index contributed by atoms with van der Waals surface area (Å²) < 4.78 is 0. The molecule has 0 saturated heterocycles. The maximum atomic E-state index is 12.1. The zero-order chi connectivity index (χ0) is 14.5. The minimum Gasteiger partial charge on any atom is -0.332 e. The second-order valence-electron chi connectivity index (χ2n) is 4.41. The summed E-state index contributed by atoms with van der Waals surface area (Å²) in [5.74, 6) is -0.317. The summed E-state index contributed by atoms with van der Waals surface area (Å²) in [6.07, 6.45) is 0. The van der Waals surface area contributed by atoms with Gasteiger partial charge in [0.2, 0.25) is 0 Å². The predicted octanol–water partition coefficient (Wildman–Crippen LogP) is 3.64. The van der Waals surface area contributed by atoms with Gasteiger partial charge < -0.3 is 5.32 Å². The van der Waals surface area contributed by atoms with Crippen LogP contribution < -0.4 is 5.32 Å². The molecule has 2 aromatic carbocycles. The highest BCUT2D eigenvalue weighted by atomic mass is 35.5. The number of carbonyl (C=O) groups is 1. The van der Waals surface area contributed by atoms with Crippen LogP contribution in [0.3, 0.4) is 0 Å². The highest BCUT2D eigenvalue weighted by molar-refractivity contribution is 6.31. The number of nitriles is 1. The Morgan fingerprint density at radius 1 is 1.25 bits per heavy atom. The second-order valence-corrected chi connectivity index (χ2v) is 4.82. The third-order valence-corrected chi connectivity index (χ3v) is 3.38. The minimum absolute atomic E-state index is 0.317. The molecule has 0 spiro atoms. The predicted molar refractivity (Wildman–Crippen MR) is 78.5 cm³/mol. The topological polar surface area (TPSA) is 52.9 Å². The van der Waals surface area contributed by atoms with Crippen molar-refractivity contribution in [2.45, 2.75) is 13.0 Å². The zero-order valence-electron chi connectivity index (χ0n) is 10.9. The van der Waals surface area contributed by atoms with Gasteiger partial charge in [0.05, 0.1) is 6.07 Å². The second kappa shape index (κ2) is 6.23. The molecule has 0 fully saturated rings. The third-order valence-electron chi connectivity index (χ3n) is 2.97. The molecule has 20 heavy (non-hydrogen) atoms. The van der Waals surface area contributed by atoms with Gasteiger partial charge in [-0.2, -0.15) is 5.26 Å². The van der Waals surface area contributed by atoms with E-state index in [0.717, 1.165) is 11.1 Å². The van der Waals surface area contributed by atoms with E-state index < -0.39 is 6.04 Å². The summed E-state index contributed by atoms with van der Waals surface area (Å²) in [5, 5.41) is 12.4. The molecular formula is C16H13ClN2O. The van der Waals surface area contributed by atoms with Gasteiger partial charge in [0, 0.05) is 10.6 Å². The van der Waals surface area contributed by atoms with Crippen LogP contribution >= 0.6 is 11.6 Å². The lowest BCUT2D eigenvalue weighted by Crippen LogP contribution is -2.27. The lowest BCUT2D eigenvalue weighted by atomic mass is 10.1. The molecule has 0 heterocycles. The summed E-state index contributed by atoms with van der Waals surface area (Å²) in [6.45, 7) is 1.87. The number of hydrogen-bond acceptors (Lipinski definition) is 2. The molecule has 0 saturated carbocycles. The molecule has 0 aliphatic rings. The third kappa shape index (κ3) is 3.17. The Balaban J connectivity index is 2.18. The Labute approximate surface area is 122 Å². The van der Waals surface area contributed by atoms with Gasteiger partial charge in [0.25, 0.3) is 5.91 Å². The zero-order valence-corrected chi connectivity index (χ0v) is 11.7. The monoisotopic (exact) mass is 284 g/mol. The largest absolute Gasteiger partial charge is 0.332 e. The fourth-order valence-electron chi connectivity index (χ4n) is 1.78. The number of rotatable bonds is 3. The van der Waals surface area contributed by atoms with E-state index in [1.165, 1.54) is 0 Å². The van der Waals surface area contributed by atoms with Crippen LogP contribution in [0.4, 0.5) is 0 Å². The standard InChI is InChI=1S/C16H13ClN2O/c1-11-7-8-13(9-14(11)17)16(20)19-15(10-18)12-5-3-2-4-6-12/h2-9,15H,1H3,(H,19,20). The van der Waals surface area contributed by atoms with Gasteiger partial charge in [-0.05, 0) is 30.2 Å². The molecule has 4 heteroatoms. The Morgan fingerprint density at radius 2 is 1.95 bits per heavy atom. The average molecular weight is 285 g/mol. The van der Waals surface area contributed by atoms with Crippen LogP contribution in [-0.2, 0) is 0 Å². The molecule has 100 valence electrons. The SMILES string of the molecule is Cc1ccc(C(=O)NC(C#N)c2ccccc2)cc1Cl. The molecular weight excluding hydrogens is 272 g/mol. The van der Waals surface area contributed by atoms with E-state index in [0.29, 0.717) is 10.6 Å². The van der Waals surface area contributed by atoms with Crippen molar-refractivity contribution in [1.82, 2.24) is 5.32 Å². The number of amides is 1. The highest BCUT2D eigenvalue weighted by Crippen LogP contribution is 2.18. The number of carbonyl (C=O) groups excluding carboxylic acids is 1. The van der Waals surface area contributed by atoms with Crippen molar-refractivity contribution >= 4 is 17.5 Å². The van der Waals surface area contributed by atoms with Gasteiger partial charge in [-0.15, -0.1) is 0 Å². The van der Waals surface area contributed by atoms with Gasteiger partial charge in [0.15, 0.2) is 0 Å². The van der Waals surface area contributed by atoms with Gasteiger partial charge >= 0.3 is 0 Å². The maximum absolute atomic E-state index is 12.1. The van der Waals surface area contributed by atoms with Gasteiger partial charge in [-0.25, -0.2) is 0 Å². The molecule has 1 unspecified atom stereocenters. The van der Waals surface area contributed by atoms with E-state index in [-0.39, 0.29) is 5.91 Å². The molecule has 0 radical (unpaired) electrons. The summed E-state index contributed by atoms with van der Waals surface area (Å²) in [4.78, 5) is 12.1. The Kier molecular flexibility index (Phi) is 4.39. The lowest BCUT2D eigenvalue weighted by molar-refractivity contribution is 0.0945. The minimum atomic E-state index is -0.677. The Morgan fingerprint density at radius 3 is 2.55 bits per heavy atom. The first-order valence-corrected chi connectivity index (χ1v) is 6.51. The molecule has 0 bridgehead atoms. The van der Waals surface area contributed by atoms with E-state index in [4.69, 9.17) is 11.6 Å². The first-order chi connectivity index (χ1) is 9.61. The van der Waals surface area contributed by atoms with Crippen molar-refractivity contribution in [1.29, 1.82) is 5.26 Å². The van der Waals surface area contributed by atoms with Crippen LogP contribution in [0.15, 0.2) is 48.5 Å². The summed E-state index contributed by atoms with van der Waals surface area (Å²) in [6, 6.07) is 15.6. The van der Waals surface area contributed by atoms with Crippen LogP contribution in [-0.4, -0.2) is 5.91 Å². The molecule has 1 amide bonds. The lowest BCUT2D eigenvalue weighted by Gasteiger charge is -2.12. The van der Waals surface area contributed by atoms with Crippen LogP contribution in [0.25, 0.3) is 0 Å². The number of benzene rings is 2. The number of hydrogen-bond donors (Lipinski definition) is 1. The molecule has 1 N–H and O–H groups in total.